The van der Waals surface area contributed by atoms with Crippen LogP contribution in [0.3, 0.4) is 0 Å². The van der Waals surface area contributed by atoms with Crippen molar-refractivity contribution in [3.63, 3.8) is 0 Å². The Hall–Kier alpha value is -3.50. The standard InChI is InChI=1S/C38H32Cl4N6S2/c1-21(33-27-17-23-11-15-49-37(23)35(27)47(45-33)31-9-7-25(39)19-29(31)41)43-13-5-3-4-6-14-44-22(2)34-28-18-24-12-16-50-38(24)36(28)48(46-34)32-10-8-26(40)20-30(32)42/h7-12,15-16,19-20,43-44H,1-6,13-14,17-18H2. The zero-order chi connectivity index (χ0) is 34.5. The second kappa shape index (κ2) is 13.9. The molecule has 0 bridgehead atoms. The van der Waals surface area contributed by atoms with Gasteiger partial charge in [-0.05, 0) is 83.3 Å². The van der Waals surface area contributed by atoms with Gasteiger partial charge in [0.25, 0.3) is 0 Å². The predicted molar refractivity (Wildman–Crippen MR) is 212 cm³/mol. The van der Waals surface area contributed by atoms with Crippen molar-refractivity contribution in [3.8, 4) is 32.5 Å². The molecule has 0 unspecified atom stereocenters. The van der Waals surface area contributed by atoms with Crippen LogP contribution >= 0.6 is 69.1 Å². The van der Waals surface area contributed by atoms with Gasteiger partial charge in [-0.3, -0.25) is 0 Å². The minimum atomic E-state index is 0.564. The average molecular weight is 779 g/mol. The summed E-state index contributed by atoms with van der Waals surface area (Å²) in [5.74, 6) is 0. The SMILES string of the molecule is C=C(NCCCCCCNC(=C)c1nn(-c2ccc(Cl)cc2Cl)c2c1Cc1ccsc1-2)c1nn(-c2ccc(Cl)cc2Cl)c2c1Cc1ccsc1-2. The second-order valence-electron chi connectivity index (χ2n) is 12.5. The van der Waals surface area contributed by atoms with Crippen LogP contribution in [0.4, 0.5) is 0 Å². The highest BCUT2D eigenvalue weighted by molar-refractivity contribution is 7.14. The molecule has 0 fully saturated rings. The topological polar surface area (TPSA) is 59.7 Å². The second-order valence-corrected chi connectivity index (χ2v) is 16.0. The van der Waals surface area contributed by atoms with Gasteiger partial charge in [-0.15, -0.1) is 22.7 Å². The molecule has 2 aliphatic carbocycles. The lowest BCUT2D eigenvalue weighted by Gasteiger charge is -2.11. The first kappa shape index (κ1) is 33.6. The molecule has 0 atom stereocenters. The Balaban J connectivity index is 0.851. The lowest BCUT2D eigenvalue weighted by Crippen LogP contribution is -2.16. The van der Waals surface area contributed by atoms with Crippen LogP contribution in [0, 0.1) is 0 Å². The molecule has 8 rings (SSSR count). The van der Waals surface area contributed by atoms with E-state index in [0.717, 1.165) is 97.2 Å². The van der Waals surface area contributed by atoms with Crippen molar-refractivity contribution in [2.24, 2.45) is 0 Å². The molecule has 0 saturated carbocycles. The number of hydrogen-bond donors (Lipinski definition) is 2. The monoisotopic (exact) mass is 776 g/mol. The third-order valence-corrected chi connectivity index (χ3v) is 12.3. The van der Waals surface area contributed by atoms with Crippen LogP contribution in [-0.2, 0) is 12.8 Å². The summed E-state index contributed by atoms with van der Waals surface area (Å²) in [6.45, 7) is 10.4. The molecule has 0 radical (unpaired) electrons. The molecule has 2 aliphatic rings. The van der Waals surface area contributed by atoms with E-state index in [1.54, 1.807) is 34.8 Å². The molecule has 12 heteroatoms. The molecule has 4 aromatic heterocycles. The maximum absolute atomic E-state index is 6.63. The Morgan fingerprint density at radius 2 is 1.08 bits per heavy atom. The van der Waals surface area contributed by atoms with Gasteiger partial charge in [0.15, 0.2) is 0 Å². The van der Waals surface area contributed by atoms with Gasteiger partial charge in [0.1, 0.15) is 11.4 Å². The number of unbranched alkanes of at least 4 members (excludes halogenated alkanes) is 3. The first-order chi connectivity index (χ1) is 24.3. The fourth-order valence-electron chi connectivity index (χ4n) is 6.84. The number of aromatic nitrogens is 4. The van der Waals surface area contributed by atoms with E-state index >= 15 is 0 Å². The van der Waals surface area contributed by atoms with Crippen LogP contribution in [0.5, 0.6) is 0 Å². The fourth-order valence-corrected chi connectivity index (χ4v) is 9.78. The van der Waals surface area contributed by atoms with Crippen molar-refractivity contribution in [2.75, 3.05) is 13.1 Å². The Morgan fingerprint density at radius 3 is 1.50 bits per heavy atom. The van der Waals surface area contributed by atoms with Crippen molar-refractivity contribution in [3.05, 3.63) is 126 Å². The third kappa shape index (κ3) is 6.10. The molecule has 0 amide bonds. The van der Waals surface area contributed by atoms with E-state index < -0.39 is 0 Å². The summed E-state index contributed by atoms with van der Waals surface area (Å²) in [6, 6.07) is 15.4. The third-order valence-electron chi connectivity index (χ3n) is 9.25. The summed E-state index contributed by atoms with van der Waals surface area (Å²) in [5.41, 5.74) is 12.2. The number of thiophene rings is 2. The number of fused-ring (bicyclic) bond motifs is 6. The zero-order valence-corrected chi connectivity index (χ0v) is 31.6. The Morgan fingerprint density at radius 1 is 0.640 bits per heavy atom. The van der Waals surface area contributed by atoms with Crippen molar-refractivity contribution in [2.45, 2.75) is 38.5 Å². The van der Waals surface area contributed by atoms with E-state index in [1.165, 1.54) is 32.0 Å². The summed E-state index contributed by atoms with van der Waals surface area (Å²) in [4.78, 5) is 2.46. The molecule has 2 aromatic carbocycles. The Kier molecular flexibility index (Phi) is 9.35. The summed E-state index contributed by atoms with van der Waals surface area (Å²) < 4.78 is 3.90. The highest BCUT2D eigenvalue weighted by Gasteiger charge is 2.32. The van der Waals surface area contributed by atoms with Crippen LogP contribution in [0.2, 0.25) is 20.1 Å². The molecule has 0 spiro atoms. The summed E-state index contributed by atoms with van der Waals surface area (Å²) >= 11 is 29.1. The van der Waals surface area contributed by atoms with E-state index in [2.05, 4.69) is 46.7 Å². The smallest absolute Gasteiger partial charge is 0.112 e. The minimum absolute atomic E-state index is 0.564. The van der Waals surface area contributed by atoms with Crippen LogP contribution < -0.4 is 10.6 Å². The molecule has 4 heterocycles. The molecular weight excluding hydrogens is 746 g/mol. The highest BCUT2D eigenvalue weighted by Crippen LogP contribution is 2.46. The van der Waals surface area contributed by atoms with E-state index in [4.69, 9.17) is 56.6 Å². The molecule has 254 valence electrons. The summed E-state index contributed by atoms with van der Waals surface area (Å²) in [6.07, 6.45) is 5.92. The lowest BCUT2D eigenvalue weighted by atomic mass is 10.1. The minimum Gasteiger partial charge on any atom is -0.384 e. The van der Waals surface area contributed by atoms with Gasteiger partial charge in [-0.25, -0.2) is 9.36 Å². The number of nitrogens with zero attached hydrogens (tertiary/aromatic N) is 4. The van der Waals surface area contributed by atoms with Gasteiger partial charge in [-0.2, -0.15) is 10.2 Å². The number of nitrogens with one attached hydrogen (secondary N) is 2. The van der Waals surface area contributed by atoms with E-state index in [0.29, 0.717) is 20.1 Å². The molecule has 0 saturated heterocycles. The lowest BCUT2D eigenvalue weighted by molar-refractivity contribution is 0.618. The highest BCUT2D eigenvalue weighted by atomic mass is 35.5. The van der Waals surface area contributed by atoms with Gasteiger partial charge < -0.3 is 10.6 Å². The molecule has 50 heavy (non-hydrogen) atoms. The molecule has 6 nitrogen and oxygen atoms in total. The van der Waals surface area contributed by atoms with Crippen LogP contribution in [0.15, 0.2) is 72.4 Å². The van der Waals surface area contributed by atoms with Crippen molar-refractivity contribution in [1.29, 1.82) is 0 Å². The van der Waals surface area contributed by atoms with E-state index in [1.807, 2.05) is 33.6 Å². The Labute approximate surface area is 319 Å². The van der Waals surface area contributed by atoms with E-state index in [9.17, 15) is 0 Å². The molecule has 6 aromatic rings. The molecule has 0 aliphatic heterocycles. The summed E-state index contributed by atoms with van der Waals surface area (Å²) in [7, 11) is 0. The maximum atomic E-state index is 6.63. The number of halogens is 4. The van der Waals surface area contributed by atoms with E-state index in [-0.39, 0.29) is 0 Å². The first-order valence-electron chi connectivity index (χ1n) is 16.4. The molecule has 2 N–H and O–H groups in total. The van der Waals surface area contributed by atoms with Crippen LogP contribution in [-0.4, -0.2) is 32.7 Å². The first-order valence-corrected chi connectivity index (χ1v) is 19.7. The van der Waals surface area contributed by atoms with Gasteiger partial charge in [-0.1, -0.05) is 72.4 Å². The number of benzene rings is 2. The maximum Gasteiger partial charge on any atom is 0.112 e. The van der Waals surface area contributed by atoms with Crippen molar-refractivity contribution >= 4 is 80.5 Å². The average Bonchev–Trinajstić information content (AvgIpc) is 3.91. The Bertz CT molecular complexity index is 2130. The van der Waals surface area contributed by atoms with Gasteiger partial charge in [0.2, 0.25) is 0 Å². The van der Waals surface area contributed by atoms with Crippen molar-refractivity contribution < 1.29 is 0 Å². The van der Waals surface area contributed by atoms with Crippen LogP contribution in [0.25, 0.3) is 43.9 Å². The van der Waals surface area contributed by atoms with Gasteiger partial charge in [0, 0.05) is 47.1 Å². The predicted octanol–water partition coefficient (Wildman–Crippen LogP) is 11.3. The largest absolute Gasteiger partial charge is 0.384 e. The number of hydrogen-bond acceptors (Lipinski definition) is 6. The zero-order valence-electron chi connectivity index (χ0n) is 27.0. The number of rotatable bonds is 13. The molecular formula is C38H32Cl4N6S2. The van der Waals surface area contributed by atoms with Gasteiger partial charge in [0.05, 0.1) is 54.0 Å². The quantitative estimate of drug-likeness (QED) is 0.114. The van der Waals surface area contributed by atoms with Gasteiger partial charge >= 0.3 is 0 Å². The van der Waals surface area contributed by atoms with Crippen molar-refractivity contribution in [1.82, 2.24) is 30.2 Å². The summed E-state index contributed by atoms with van der Waals surface area (Å²) in [5, 5.41) is 23.7. The normalized spacial score (nSPS) is 12.5. The fraction of sp³-hybridized carbons (Fsp3) is 0.211. The van der Waals surface area contributed by atoms with Crippen LogP contribution in [0.1, 0.15) is 59.3 Å².